The molecule has 2 aromatic rings. The van der Waals surface area contributed by atoms with E-state index in [1.165, 1.54) is 17.3 Å². The van der Waals surface area contributed by atoms with Crippen molar-refractivity contribution in [1.82, 2.24) is 4.90 Å². The molecule has 1 fully saturated rings. The number of nitrogens with zero attached hydrogens (tertiary/aromatic N) is 1. The summed E-state index contributed by atoms with van der Waals surface area (Å²) >= 11 is 10.2. The Morgan fingerprint density at radius 1 is 1.22 bits per heavy atom. The molecule has 1 aliphatic heterocycles. The smallest absolute Gasteiger partial charge is 0.266 e. The van der Waals surface area contributed by atoms with Gasteiger partial charge in [0.2, 0.25) is 0 Å². The van der Waals surface area contributed by atoms with Crippen molar-refractivity contribution in [2.24, 2.45) is 0 Å². The number of hydrogen-bond donors (Lipinski definition) is 0. The molecule has 1 saturated heterocycles. The third-order valence-electron chi connectivity index (χ3n) is 3.48. The lowest BCUT2D eigenvalue weighted by molar-refractivity contribution is -0.122. The van der Waals surface area contributed by atoms with Gasteiger partial charge < -0.3 is 0 Å². The van der Waals surface area contributed by atoms with Crippen LogP contribution in [0.15, 0.2) is 57.9 Å². The number of rotatable bonds is 3. The van der Waals surface area contributed by atoms with Crippen LogP contribution in [0.4, 0.5) is 0 Å². The molecule has 0 N–H and O–H groups in total. The van der Waals surface area contributed by atoms with Gasteiger partial charge in [-0.3, -0.25) is 9.69 Å². The number of carbonyl (C=O) groups is 1. The SMILES string of the molecule is Cc1ccc(CN2C(=O)C(=Cc3cccc(Br)c3)SC2=S)cc1. The zero-order valence-corrected chi connectivity index (χ0v) is 15.7. The molecule has 1 amide bonds. The Labute approximate surface area is 153 Å². The molecule has 0 unspecified atom stereocenters. The van der Waals surface area contributed by atoms with E-state index in [0.717, 1.165) is 15.6 Å². The normalized spacial score (nSPS) is 16.4. The van der Waals surface area contributed by atoms with Crippen molar-refractivity contribution < 1.29 is 4.79 Å². The molecule has 0 saturated carbocycles. The number of aryl methyl sites for hydroxylation is 1. The average molecular weight is 404 g/mol. The molecule has 0 aromatic heterocycles. The summed E-state index contributed by atoms with van der Waals surface area (Å²) in [5, 5.41) is 0. The first kappa shape index (κ1) is 16.4. The quantitative estimate of drug-likeness (QED) is 0.521. The van der Waals surface area contributed by atoms with E-state index in [9.17, 15) is 4.79 Å². The summed E-state index contributed by atoms with van der Waals surface area (Å²) in [5.74, 6) is -0.0273. The fourth-order valence-electron chi connectivity index (χ4n) is 2.26. The summed E-state index contributed by atoms with van der Waals surface area (Å²) in [6, 6.07) is 16.0. The molecule has 0 radical (unpaired) electrons. The highest BCUT2D eigenvalue weighted by atomic mass is 79.9. The molecule has 3 rings (SSSR count). The highest BCUT2D eigenvalue weighted by Crippen LogP contribution is 2.33. The van der Waals surface area contributed by atoms with Gasteiger partial charge in [-0.1, -0.05) is 81.9 Å². The number of hydrogen-bond acceptors (Lipinski definition) is 3. The maximum atomic E-state index is 12.6. The lowest BCUT2D eigenvalue weighted by atomic mass is 10.1. The summed E-state index contributed by atoms with van der Waals surface area (Å²) in [6.07, 6.45) is 1.89. The van der Waals surface area contributed by atoms with Gasteiger partial charge in [0.1, 0.15) is 4.32 Å². The van der Waals surface area contributed by atoms with Gasteiger partial charge in [-0.05, 0) is 36.3 Å². The van der Waals surface area contributed by atoms with Crippen molar-refractivity contribution in [3.8, 4) is 0 Å². The second kappa shape index (κ2) is 6.99. The van der Waals surface area contributed by atoms with Crippen LogP contribution in [0.2, 0.25) is 0 Å². The molecule has 0 bridgehead atoms. The van der Waals surface area contributed by atoms with Gasteiger partial charge in [0.15, 0.2) is 0 Å². The number of carbonyl (C=O) groups excluding carboxylic acids is 1. The minimum atomic E-state index is -0.0273. The van der Waals surface area contributed by atoms with Crippen molar-refractivity contribution in [2.75, 3.05) is 0 Å². The maximum Gasteiger partial charge on any atom is 0.266 e. The fourth-order valence-corrected chi connectivity index (χ4v) is 3.93. The Morgan fingerprint density at radius 3 is 2.65 bits per heavy atom. The Hall–Kier alpha value is -1.43. The maximum absolute atomic E-state index is 12.6. The number of thiocarbonyl (C=S) groups is 1. The Morgan fingerprint density at radius 2 is 1.96 bits per heavy atom. The van der Waals surface area contributed by atoms with E-state index in [0.29, 0.717) is 15.8 Å². The van der Waals surface area contributed by atoms with E-state index in [1.807, 2.05) is 61.5 Å². The van der Waals surface area contributed by atoms with Crippen molar-refractivity contribution >= 4 is 56.2 Å². The fraction of sp³-hybridized carbons (Fsp3) is 0.111. The third kappa shape index (κ3) is 3.91. The number of amides is 1. The van der Waals surface area contributed by atoms with Crippen LogP contribution < -0.4 is 0 Å². The van der Waals surface area contributed by atoms with Gasteiger partial charge >= 0.3 is 0 Å². The first-order chi connectivity index (χ1) is 11.0. The Balaban J connectivity index is 1.81. The van der Waals surface area contributed by atoms with E-state index in [1.54, 1.807) is 4.90 Å². The van der Waals surface area contributed by atoms with Gasteiger partial charge in [-0.2, -0.15) is 0 Å². The van der Waals surface area contributed by atoms with E-state index < -0.39 is 0 Å². The molecule has 0 spiro atoms. The molecule has 2 nitrogen and oxygen atoms in total. The number of benzene rings is 2. The molecule has 0 aliphatic carbocycles. The molecule has 23 heavy (non-hydrogen) atoms. The van der Waals surface area contributed by atoms with Crippen molar-refractivity contribution in [3.63, 3.8) is 0 Å². The van der Waals surface area contributed by atoms with Crippen LogP contribution >= 0.6 is 39.9 Å². The third-order valence-corrected chi connectivity index (χ3v) is 5.35. The van der Waals surface area contributed by atoms with E-state index in [4.69, 9.17) is 12.2 Å². The van der Waals surface area contributed by atoms with E-state index in [2.05, 4.69) is 15.9 Å². The first-order valence-electron chi connectivity index (χ1n) is 7.09. The monoisotopic (exact) mass is 403 g/mol. The highest BCUT2D eigenvalue weighted by molar-refractivity contribution is 9.10. The van der Waals surface area contributed by atoms with Crippen LogP contribution in [0, 0.1) is 6.92 Å². The van der Waals surface area contributed by atoms with Crippen molar-refractivity contribution in [2.45, 2.75) is 13.5 Å². The predicted molar refractivity (Wildman–Crippen MR) is 104 cm³/mol. The average Bonchev–Trinajstić information content (AvgIpc) is 2.77. The largest absolute Gasteiger partial charge is 0.288 e. The second-order valence-electron chi connectivity index (χ2n) is 5.31. The molecule has 5 heteroatoms. The summed E-state index contributed by atoms with van der Waals surface area (Å²) in [5.41, 5.74) is 3.26. The van der Waals surface area contributed by atoms with Gasteiger partial charge in [0, 0.05) is 4.47 Å². The minimum absolute atomic E-state index is 0.0273. The molecule has 1 aliphatic rings. The second-order valence-corrected chi connectivity index (χ2v) is 7.90. The van der Waals surface area contributed by atoms with Crippen LogP contribution in [0.1, 0.15) is 16.7 Å². The minimum Gasteiger partial charge on any atom is -0.288 e. The Bertz CT molecular complexity index is 799. The molecular formula is C18H14BrNOS2. The predicted octanol–water partition coefficient (Wildman–Crippen LogP) is 5.16. The van der Waals surface area contributed by atoms with E-state index >= 15 is 0 Å². The summed E-state index contributed by atoms with van der Waals surface area (Å²) in [7, 11) is 0. The summed E-state index contributed by atoms with van der Waals surface area (Å²) in [4.78, 5) is 14.9. The summed E-state index contributed by atoms with van der Waals surface area (Å²) in [6.45, 7) is 2.56. The Kier molecular flexibility index (Phi) is 4.99. The van der Waals surface area contributed by atoms with Gasteiger partial charge in [0.05, 0.1) is 11.4 Å². The van der Waals surface area contributed by atoms with Gasteiger partial charge in [-0.25, -0.2) is 0 Å². The zero-order chi connectivity index (χ0) is 16.4. The highest BCUT2D eigenvalue weighted by Gasteiger charge is 2.31. The van der Waals surface area contributed by atoms with Crippen LogP contribution in [-0.2, 0) is 11.3 Å². The number of halogens is 1. The topological polar surface area (TPSA) is 20.3 Å². The van der Waals surface area contributed by atoms with E-state index in [-0.39, 0.29) is 5.91 Å². The molecule has 2 aromatic carbocycles. The molecule has 0 atom stereocenters. The van der Waals surface area contributed by atoms with Crippen LogP contribution in [0.3, 0.4) is 0 Å². The first-order valence-corrected chi connectivity index (χ1v) is 9.11. The van der Waals surface area contributed by atoms with Crippen LogP contribution in [0.25, 0.3) is 6.08 Å². The molecular weight excluding hydrogens is 390 g/mol. The molecule has 1 heterocycles. The zero-order valence-electron chi connectivity index (χ0n) is 12.5. The summed E-state index contributed by atoms with van der Waals surface area (Å²) < 4.78 is 1.60. The lowest BCUT2D eigenvalue weighted by Gasteiger charge is -2.14. The number of thioether (sulfide) groups is 1. The van der Waals surface area contributed by atoms with Crippen molar-refractivity contribution in [1.29, 1.82) is 0 Å². The van der Waals surface area contributed by atoms with Crippen molar-refractivity contribution in [3.05, 3.63) is 74.6 Å². The lowest BCUT2D eigenvalue weighted by Crippen LogP contribution is -2.27. The van der Waals surface area contributed by atoms with Gasteiger partial charge in [0.25, 0.3) is 5.91 Å². The molecule has 116 valence electrons. The standard InChI is InChI=1S/C18H14BrNOS2/c1-12-5-7-13(8-6-12)11-20-17(21)16(23-18(20)22)10-14-3-2-4-15(19)9-14/h2-10H,11H2,1H3. The van der Waals surface area contributed by atoms with Crippen LogP contribution in [-0.4, -0.2) is 15.1 Å². The van der Waals surface area contributed by atoms with Crippen LogP contribution in [0.5, 0.6) is 0 Å². The van der Waals surface area contributed by atoms with Gasteiger partial charge in [-0.15, -0.1) is 0 Å².